The summed E-state index contributed by atoms with van der Waals surface area (Å²) in [6.45, 7) is 12.3. The van der Waals surface area contributed by atoms with Crippen LogP contribution in [-0.2, 0) is 11.2 Å². The fraction of sp³-hybridized carbons (Fsp3) is 0.500. The average Bonchev–Trinajstić information content (AvgIpc) is 2.58. The quantitative estimate of drug-likeness (QED) is 0.701. The Balaban J connectivity index is 2.04. The van der Waals surface area contributed by atoms with Crippen molar-refractivity contribution in [2.75, 3.05) is 13.1 Å². The van der Waals surface area contributed by atoms with E-state index in [1.54, 1.807) is 12.4 Å². The molecule has 140 valence electrons. The van der Waals surface area contributed by atoms with Gasteiger partial charge < -0.3 is 4.90 Å². The molecule has 0 atom stereocenters. The predicted molar refractivity (Wildman–Crippen MR) is 107 cm³/mol. The highest BCUT2D eigenvalue weighted by molar-refractivity contribution is 5.76. The first-order valence-corrected chi connectivity index (χ1v) is 9.51. The summed E-state index contributed by atoms with van der Waals surface area (Å²) in [5.41, 5.74) is 4.02. The minimum absolute atomic E-state index is 0.236. The van der Waals surface area contributed by atoms with Gasteiger partial charge in [0.25, 0.3) is 0 Å². The lowest BCUT2D eigenvalue weighted by Crippen LogP contribution is -2.37. The van der Waals surface area contributed by atoms with Crippen molar-refractivity contribution in [1.82, 2.24) is 14.9 Å². The van der Waals surface area contributed by atoms with Crippen LogP contribution in [0.5, 0.6) is 0 Å². The van der Waals surface area contributed by atoms with Gasteiger partial charge in [-0.1, -0.05) is 27.7 Å². The smallest absolute Gasteiger partial charge is 0.222 e. The SMILES string of the molecule is Cc1ccnc(-c2cc(CCC(=O)N(CC(C)C)CC(C)C)ccn2)c1. The van der Waals surface area contributed by atoms with Crippen LogP contribution in [0.4, 0.5) is 0 Å². The second-order valence-electron chi connectivity index (χ2n) is 7.85. The van der Waals surface area contributed by atoms with Crippen molar-refractivity contribution in [3.63, 3.8) is 0 Å². The summed E-state index contributed by atoms with van der Waals surface area (Å²) in [6, 6.07) is 8.04. The van der Waals surface area contributed by atoms with E-state index in [-0.39, 0.29) is 5.91 Å². The maximum atomic E-state index is 12.7. The van der Waals surface area contributed by atoms with Crippen LogP contribution < -0.4 is 0 Å². The molecule has 0 aliphatic heterocycles. The number of hydrogen-bond acceptors (Lipinski definition) is 3. The van der Waals surface area contributed by atoms with Crippen molar-refractivity contribution in [3.05, 3.63) is 47.8 Å². The van der Waals surface area contributed by atoms with E-state index in [1.807, 2.05) is 36.1 Å². The molecule has 4 nitrogen and oxygen atoms in total. The molecular weight excluding hydrogens is 322 g/mol. The van der Waals surface area contributed by atoms with Gasteiger partial charge in [-0.15, -0.1) is 0 Å². The first-order valence-electron chi connectivity index (χ1n) is 9.51. The van der Waals surface area contributed by atoms with Gasteiger partial charge in [-0.05, 0) is 60.6 Å². The van der Waals surface area contributed by atoms with E-state index >= 15 is 0 Å². The molecule has 4 heteroatoms. The Morgan fingerprint density at radius 2 is 1.54 bits per heavy atom. The number of hydrogen-bond donors (Lipinski definition) is 0. The zero-order valence-electron chi connectivity index (χ0n) is 16.7. The lowest BCUT2D eigenvalue weighted by Gasteiger charge is -2.26. The lowest BCUT2D eigenvalue weighted by molar-refractivity contribution is -0.132. The van der Waals surface area contributed by atoms with Gasteiger partial charge in [0.05, 0.1) is 11.4 Å². The van der Waals surface area contributed by atoms with Crippen LogP contribution in [-0.4, -0.2) is 33.9 Å². The van der Waals surface area contributed by atoms with Gasteiger partial charge >= 0.3 is 0 Å². The number of rotatable bonds is 8. The fourth-order valence-electron chi connectivity index (χ4n) is 3.02. The maximum absolute atomic E-state index is 12.7. The normalized spacial score (nSPS) is 11.2. The molecule has 0 bridgehead atoms. The van der Waals surface area contributed by atoms with E-state index in [1.165, 1.54) is 0 Å². The van der Waals surface area contributed by atoms with Crippen molar-refractivity contribution in [2.45, 2.75) is 47.5 Å². The molecule has 0 spiro atoms. The summed E-state index contributed by atoms with van der Waals surface area (Å²) >= 11 is 0. The number of pyridine rings is 2. The Labute approximate surface area is 157 Å². The molecule has 0 aliphatic rings. The number of carbonyl (C=O) groups is 1. The first-order chi connectivity index (χ1) is 12.3. The Morgan fingerprint density at radius 1 is 0.962 bits per heavy atom. The van der Waals surface area contributed by atoms with E-state index in [0.29, 0.717) is 18.3 Å². The summed E-state index contributed by atoms with van der Waals surface area (Å²) in [6.07, 6.45) is 4.87. The molecule has 0 aromatic carbocycles. The van der Waals surface area contributed by atoms with Crippen LogP contribution in [0.3, 0.4) is 0 Å². The zero-order valence-corrected chi connectivity index (χ0v) is 16.7. The van der Waals surface area contributed by atoms with Crippen molar-refractivity contribution >= 4 is 5.91 Å². The summed E-state index contributed by atoms with van der Waals surface area (Å²) in [5, 5.41) is 0. The summed E-state index contributed by atoms with van der Waals surface area (Å²) in [4.78, 5) is 23.5. The molecule has 0 fully saturated rings. The monoisotopic (exact) mass is 353 g/mol. The molecule has 0 aliphatic carbocycles. The molecule has 0 unspecified atom stereocenters. The number of amides is 1. The van der Waals surface area contributed by atoms with E-state index < -0.39 is 0 Å². The topological polar surface area (TPSA) is 46.1 Å². The Kier molecular flexibility index (Phi) is 7.31. The predicted octanol–water partition coefficient (Wildman–Crippen LogP) is 4.53. The summed E-state index contributed by atoms with van der Waals surface area (Å²) in [7, 11) is 0. The maximum Gasteiger partial charge on any atom is 0.222 e. The van der Waals surface area contributed by atoms with Crippen LogP contribution in [0.1, 0.15) is 45.2 Å². The number of aryl methyl sites for hydroxylation is 2. The fourth-order valence-corrected chi connectivity index (χ4v) is 3.02. The highest BCUT2D eigenvalue weighted by atomic mass is 16.2. The van der Waals surface area contributed by atoms with Gasteiger partial charge in [0.1, 0.15) is 0 Å². The van der Waals surface area contributed by atoms with Crippen LogP contribution in [0.15, 0.2) is 36.7 Å². The average molecular weight is 354 g/mol. The lowest BCUT2D eigenvalue weighted by atomic mass is 10.1. The minimum atomic E-state index is 0.236. The van der Waals surface area contributed by atoms with E-state index in [9.17, 15) is 4.79 Å². The molecule has 0 radical (unpaired) electrons. The largest absolute Gasteiger partial charge is 0.342 e. The molecule has 2 aromatic heterocycles. The number of aromatic nitrogens is 2. The second kappa shape index (κ2) is 9.46. The standard InChI is InChI=1S/C22H31N3O/c1-16(2)14-25(15-17(3)4)22(26)7-6-19-9-11-24-21(13-19)20-12-18(5)8-10-23-20/h8-13,16-17H,6-7,14-15H2,1-5H3. The van der Waals surface area contributed by atoms with Gasteiger partial charge in [-0.2, -0.15) is 0 Å². The van der Waals surface area contributed by atoms with Crippen LogP contribution in [0.25, 0.3) is 11.4 Å². The molecule has 0 N–H and O–H groups in total. The van der Waals surface area contributed by atoms with Gasteiger partial charge in [0, 0.05) is 31.9 Å². The van der Waals surface area contributed by atoms with Gasteiger partial charge in [0.2, 0.25) is 5.91 Å². The number of nitrogens with zero attached hydrogens (tertiary/aromatic N) is 3. The van der Waals surface area contributed by atoms with Crippen molar-refractivity contribution in [2.24, 2.45) is 11.8 Å². The zero-order chi connectivity index (χ0) is 19.1. The van der Waals surface area contributed by atoms with Crippen molar-refractivity contribution in [1.29, 1.82) is 0 Å². The van der Waals surface area contributed by atoms with Crippen LogP contribution in [0.2, 0.25) is 0 Å². The molecular formula is C22H31N3O. The second-order valence-corrected chi connectivity index (χ2v) is 7.85. The molecule has 26 heavy (non-hydrogen) atoms. The van der Waals surface area contributed by atoms with Crippen molar-refractivity contribution in [3.8, 4) is 11.4 Å². The summed E-state index contributed by atoms with van der Waals surface area (Å²) < 4.78 is 0. The third-order valence-corrected chi connectivity index (χ3v) is 4.15. The molecule has 1 amide bonds. The highest BCUT2D eigenvalue weighted by Gasteiger charge is 2.16. The highest BCUT2D eigenvalue weighted by Crippen LogP contribution is 2.17. The molecule has 0 saturated carbocycles. The van der Waals surface area contributed by atoms with Gasteiger partial charge in [-0.25, -0.2) is 0 Å². The van der Waals surface area contributed by atoms with E-state index in [2.05, 4.69) is 37.7 Å². The third kappa shape index (κ3) is 6.25. The van der Waals surface area contributed by atoms with E-state index in [0.717, 1.165) is 42.0 Å². The van der Waals surface area contributed by atoms with Gasteiger partial charge in [0.15, 0.2) is 0 Å². The van der Waals surface area contributed by atoms with Crippen LogP contribution in [0, 0.1) is 18.8 Å². The minimum Gasteiger partial charge on any atom is -0.342 e. The van der Waals surface area contributed by atoms with Crippen molar-refractivity contribution < 1.29 is 4.79 Å². The Hall–Kier alpha value is -2.23. The third-order valence-electron chi connectivity index (χ3n) is 4.15. The molecule has 2 rings (SSSR count). The number of carbonyl (C=O) groups excluding carboxylic acids is 1. The Morgan fingerprint density at radius 3 is 2.12 bits per heavy atom. The van der Waals surface area contributed by atoms with E-state index in [4.69, 9.17) is 0 Å². The van der Waals surface area contributed by atoms with Crippen LogP contribution >= 0.6 is 0 Å². The summed E-state index contributed by atoms with van der Waals surface area (Å²) in [5.74, 6) is 1.20. The molecule has 0 saturated heterocycles. The Bertz CT molecular complexity index is 715. The van der Waals surface area contributed by atoms with Gasteiger partial charge in [-0.3, -0.25) is 14.8 Å². The first kappa shape index (κ1) is 20.1. The molecule has 2 aromatic rings. The molecule has 2 heterocycles.